The number of carboxylic acids is 1. The number of rotatable bonds is 2. The number of carbonyl (C=O) groups is 1. The van der Waals surface area contributed by atoms with Gasteiger partial charge in [0.2, 0.25) is 0 Å². The van der Waals surface area contributed by atoms with E-state index in [-0.39, 0.29) is 5.92 Å². The van der Waals surface area contributed by atoms with E-state index in [0.29, 0.717) is 18.0 Å². The van der Waals surface area contributed by atoms with Crippen LogP contribution in [0.4, 0.5) is 0 Å². The normalized spacial score (nSPS) is 40.2. The van der Waals surface area contributed by atoms with Crippen molar-refractivity contribution in [1.29, 1.82) is 0 Å². The molecule has 1 N–H and O–H groups in total. The summed E-state index contributed by atoms with van der Waals surface area (Å²) in [5, 5.41) is 9.62. The molecule has 3 heterocycles. The van der Waals surface area contributed by atoms with Gasteiger partial charge in [0.15, 0.2) is 0 Å². The minimum absolute atomic E-state index is 0.135. The van der Waals surface area contributed by atoms with E-state index in [0.717, 1.165) is 25.9 Å². The predicted molar refractivity (Wildman–Crippen MR) is 78.7 cm³/mol. The average Bonchev–Trinajstić information content (AvgIpc) is 2.46. The Labute approximate surface area is 122 Å². The summed E-state index contributed by atoms with van der Waals surface area (Å²) in [5.74, 6) is -0.148. The van der Waals surface area contributed by atoms with E-state index >= 15 is 0 Å². The van der Waals surface area contributed by atoms with Crippen LogP contribution in [0.5, 0.6) is 0 Å². The highest BCUT2D eigenvalue weighted by molar-refractivity contribution is 5.71. The molecule has 0 aromatic rings. The molecular formula is C16H28N2O2. The molecule has 4 nitrogen and oxygen atoms in total. The highest BCUT2D eigenvalue weighted by Crippen LogP contribution is 2.37. The molecule has 3 saturated heterocycles. The summed E-state index contributed by atoms with van der Waals surface area (Å²) < 4.78 is 0. The molecule has 0 aromatic carbocycles. The Bertz CT molecular complexity index is 360. The van der Waals surface area contributed by atoms with Gasteiger partial charge in [-0.15, -0.1) is 0 Å². The molecule has 0 spiro atoms. The van der Waals surface area contributed by atoms with Gasteiger partial charge >= 0.3 is 5.97 Å². The van der Waals surface area contributed by atoms with Gasteiger partial charge in [0.1, 0.15) is 0 Å². The van der Waals surface area contributed by atoms with Crippen molar-refractivity contribution >= 4 is 5.97 Å². The third kappa shape index (κ3) is 2.73. The smallest absolute Gasteiger partial charge is 0.308 e. The Morgan fingerprint density at radius 2 is 1.75 bits per heavy atom. The third-order valence-electron chi connectivity index (χ3n) is 5.84. The van der Waals surface area contributed by atoms with Crippen LogP contribution in [-0.2, 0) is 4.79 Å². The van der Waals surface area contributed by atoms with Crippen molar-refractivity contribution in [3.05, 3.63) is 0 Å². The lowest BCUT2D eigenvalue weighted by Crippen LogP contribution is -2.57. The highest BCUT2D eigenvalue weighted by atomic mass is 16.4. The molecule has 3 aliphatic rings. The first-order valence-corrected chi connectivity index (χ1v) is 8.34. The maximum absolute atomic E-state index is 11.7. The molecule has 0 unspecified atom stereocenters. The molecule has 3 fully saturated rings. The summed E-state index contributed by atoms with van der Waals surface area (Å²) in [6, 6.07) is 0.917. The van der Waals surface area contributed by atoms with Gasteiger partial charge in [0, 0.05) is 18.6 Å². The quantitative estimate of drug-likeness (QED) is 0.841. The Kier molecular flexibility index (Phi) is 4.32. The van der Waals surface area contributed by atoms with Crippen molar-refractivity contribution in [2.75, 3.05) is 26.7 Å². The maximum Gasteiger partial charge on any atom is 0.308 e. The van der Waals surface area contributed by atoms with Crippen LogP contribution < -0.4 is 0 Å². The molecule has 4 heteroatoms. The van der Waals surface area contributed by atoms with Gasteiger partial charge in [-0.25, -0.2) is 0 Å². The van der Waals surface area contributed by atoms with Crippen molar-refractivity contribution in [3.8, 4) is 0 Å². The van der Waals surface area contributed by atoms with Crippen LogP contribution in [0.2, 0.25) is 0 Å². The fraction of sp³-hybridized carbons (Fsp3) is 0.938. The van der Waals surface area contributed by atoms with Crippen molar-refractivity contribution in [2.45, 2.75) is 57.0 Å². The lowest BCUT2D eigenvalue weighted by atomic mass is 9.75. The summed E-state index contributed by atoms with van der Waals surface area (Å²) in [5.41, 5.74) is 0. The first-order chi connectivity index (χ1) is 9.66. The molecule has 0 saturated carbocycles. The minimum atomic E-state index is -0.565. The SMILES string of the molecule is CN1CCCC[C@H]1[C@H]1C[C@@H](C(=O)O)[C@H]2CCCCN2C1. The fourth-order valence-corrected chi connectivity index (χ4v) is 4.80. The fourth-order valence-electron chi connectivity index (χ4n) is 4.80. The molecule has 3 rings (SSSR count). The van der Waals surface area contributed by atoms with Crippen molar-refractivity contribution in [1.82, 2.24) is 9.80 Å². The van der Waals surface area contributed by atoms with Gasteiger partial charge in [0.05, 0.1) is 5.92 Å². The standard InChI is InChI=1S/C16H28N2O2/c1-17-8-4-2-6-14(17)12-10-13(16(19)20)15-7-3-5-9-18(15)11-12/h12-15H,2-11H2,1H3,(H,19,20)/t12-,13+,14-,15+/m0/s1. The molecule has 3 aliphatic heterocycles. The molecule has 0 aliphatic carbocycles. The number of piperidine rings is 3. The first kappa shape index (κ1) is 14.3. The van der Waals surface area contributed by atoms with Gasteiger partial charge in [-0.05, 0) is 58.2 Å². The molecule has 0 radical (unpaired) electrons. The molecular weight excluding hydrogens is 252 g/mol. The molecule has 0 amide bonds. The van der Waals surface area contributed by atoms with E-state index in [1.54, 1.807) is 0 Å². The number of likely N-dealkylation sites (tertiary alicyclic amines) is 1. The van der Waals surface area contributed by atoms with Crippen LogP contribution in [0.3, 0.4) is 0 Å². The van der Waals surface area contributed by atoms with E-state index in [1.165, 1.54) is 38.6 Å². The van der Waals surface area contributed by atoms with Crippen LogP contribution in [0.1, 0.15) is 44.9 Å². The summed E-state index contributed by atoms with van der Waals surface area (Å²) in [6.45, 7) is 3.42. The number of hydrogen-bond donors (Lipinski definition) is 1. The zero-order chi connectivity index (χ0) is 14.1. The Balaban J connectivity index is 1.74. The van der Waals surface area contributed by atoms with E-state index in [9.17, 15) is 9.90 Å². The number of fused-ring (bicyclic) bond motifs is 1. The summed E-state index contributed by atoms with van der Waals surface area (Å²) >= 11 is 0. The van der Waals surface area contributed by atoms with E-state index < -0.39 is 5.97 Å². The lowest BCUT2D eigenvalue weighted by molar-refractivity contribution is -0.149. The van der Waals surface area contributed by atoms with Crippen molar-refractivity contribution in [3.63, 3.8) is 0 Å². The highest BCUT2D eigenvalue weighted by Gasteiger charge is 2.43. The van der Waals surface area contributed by atoms with Crippen LogP contribution in [0, 0.1) is 11.8 Å². The minimum Gasteiger partial charge on any atom is -0.481 e. The average molecular weight is 280 g/mol. The Hall–Kier alpha value is -0.610. The number of aliphatic carboxylic acids is 1. The van der Waals surface area contributed by atoms with Gasteiger partial charge in [-0.3, -0.25) is 9.69 Å². The Morgan fingerprint density at radius 3 is 2.45 bits per heavy atom. The van der Waals surface area contributed by atoms with Crippen LogP contribution in [0.15, 0.2) is 0 Å². The lowest BCUT2D eigenvalue weighted by Gasteiger charge is -2.49. The Morgan fingerprint density at radius 1 is 1.05 bits per heavy atom. The zero-order valence-corrected chi connectivity index (χ0v) is 12.6. The molecule has 114 valence electrons. The van der Waals surface area contributed by atoms with E-state index in [1.807, 2.05) is 0 Å². The summed E-state index contributed by atoms with van der Waals surface area (Å²) in [4.78, 5) is 16.7. The molecule has 4 atom stereocenters. The monoisotopic (exact) mass is 280 g/mol. The second-order valence-corrected chi connectivity index (χ2v) is 7.04. The van der Waals surface area contributed by atoms with Crippen molar-refractivity contribution < 1.29 is 9.90 Å². The maximum atomic E-state index is 11.7. The van der Waals surface area contributed by atoms with Gasteiger partial charge < -0.3 is 10.0 Å². The summed E-state index contributed by atoms with van der Waals surface area (Å²) in [7, 11) is 2.22. The zero-order valence-electron chi connectivity index (χ0n) is 12.6. The first-order valence-electron chi connectivity index (χ1n) is 8.34. The molecule has 0 bridgehead atoms. The molecule has 0 aromatic heterocycles. The number of nitrogens with zero attached hydrogens (tertiary/aromatic N) is 2. The number of carboxylic acid groups (broad SMARTS) is 1. The third-order valence-corrected chi connectivity index (χ3v) is 5.84. The topological polar surface area (TPSA) is 43.8 Å². The van der Waals surface area contributed by atoms with Crippen molar-refractivity contribution in [2.24, 2.45) is 11.8 Å². The van der Waals surface area contributed by atoms with Crippen LogP contribution in [0.25, 0.3) is 0 Å². The van der Waals surface area contributed by atoms with Gasteiger partial charge in [0.25, 0.3) is 0 Å². The molecule has 20 heavy (non-hydrogen) atoms. The van der Waals surface area contributed by atoms with Gasteiger partial charge in [-0.2, -0.15) is 0 Å². The second-order valence-electron chi connectivity index (χ2n) is 7.04. The van der Waals surface area contributed by atoms with Crippen LogP contribution >= 0.6 is 0 Å². The van der Waals surface area contributed by atoms with E-state index in [4.69, 9.17) is 0 Å². The van der Waals surface area contributed by atoms with Crippen LogP contribution in [-0.4, -0.2) is 59.6 Å². The second kappa shape index (κ2) is 6.02. The van der Waals surface area contributed by atoms with Gasteiger partial charge in [-0.1, -0.05) is 12.8 Å². The largest absolute Gasteiger partial charge is 0.481 e. The summed E-state index contributed by atoms with van der Waals surface area (Å²) in [6.07, 6.45) is 8.30. The number of hydrogen-bond acceptors (Lipinski definition) is 3. The van der Waals surface area contributed by atoms with E-state index in [2.05, 4.69) is 16.8 Å². The predicted octanol–water partition coefficient (Wildman–Crippen LogP) is 2.05.